The molecular formula is C28H33F2N7O5S. The summed E-state index contributed by atoms with van der Waals surface area (Å²) in [6.45, 7) is 3.35. The molecule has 0 radical (unpaired) electrons. The second kappa shape index (κ2) is 12.5. The molecule has 15 heteroatoms. The van der Waals surface area contributed by atoms with E-state index in [1.54, 1.807) is 48.2 Å². The number of carbonyl (C=O) groups excluding carboxylic acids is 2. The highest BCUT2D eigenvalue weighted by atomic mass is 32.2. The largest absolute Gasteiger partial charge is 0.465 e. The van der Waals surface area contributed by atoms with Crippen molar-refractivity contribution in [2.24, 2.45) is 11.4 Å². The molecule has 3 N–H and O–H groups in total. The molecule has 0 saturated carbocycles. The van der Waals surface area contributed by atoms with Crippen molar-refractivity contribution in [1.82, 2.24) is 20.1 Å². The summed E-state index contributed by atoms with van der Waals surface area (Å²) in [6.07, 6.45) is 4.44. The van der Waals surface area contributed by atoms with Crippen molar-refractivity contribution in [1.29, 1.82) is 0 Å². The van der Waals surface area contributed by atoms with Gasteiger partial charge in [-0.15, -0.1) is 0 Å². The van der Waals surface area contributed by atoms with Gasteiger partial charge in [0.1, 0.15) is 11.9 Å². The van der Waals surface area contributed by atoms with Crippen LogP contribution in [0.25, 0.3) is 11.1 Å². The summed E-state index contributed by atoms with van der Waals surface area (Å²) in [5, 5.41) is 17.8. The molecule has 0 spiro atoms. The Kier molecular flexibility index (Phi) is 9.13. The predicted octanol–water partition coefficient (Wildman–Crippen LogP) is 4.31. The van der Waals surface area contributed by atoms with Gasteiger partial charge in [0, 0.05) is 73.3 Å². The van der Waals surface area contributed by atoms with Gasteiger partial charge in [0.2, 0.25) is 5.92 Å². The Labute approximate surface area is 247 Å². The second-order valence-electron chi connectivity index (χ2n) is 10.5. The SMILES string of the molecule is Cc1c(-c2cnn(C)c2)cnc(N2CCCC(F)(F)CC2)c1C(=O)Nc1cccc(S(C)(=O)=NC(=O)C(C)NC(=O)O)c1. The molecule has 1 fully saturated rings. The van der Waals surface area contributed by atoms with Crippen LogP contribution in [0.2, 0.25) is 0 Å². The van der Waals surface area contributed by atoms with Gasteiger partial charge < -0.3 is 20.6 Å². The van der Waals surface area contributed by atoms with Crippen molar-refractivity contribution in [3.63, 3.8) is 0 Å². The molecule has 1 aliphatic heterocycles. The number of hydrogen-bond acceptors (Lipinski definition) is 7. The lowest BCUT2D eigenvalue weighted by atomic mass is 9.99. The summed E-state index contributed by atoms with van der Waals surface area (Å²) in [5.41, 5.74) is 2.39. The number of amides is 3. The minimum atomic E-state index is -3.31. The maximum absolute atomic E-state index is 14.2. The van der Waals surface area contributed by atoms with Crippen LogP contribution in [0.15, 0.2) is 52.1 Å². The summed E-state index contributed by atoms with van der Waals surface area (Å²) < 4.78 is 47.0. The van der Waals surface area contributed by atoms with E-state index in [9.17, 15) is 27.4 Å². The van der Waals surface area contributed by atoms with Crippen molar-refractivity contribution in [2.45, 2.75) is 50.0 Å². The van der Waals surface area contributed by atoms with E-state index in [-0.39, 0.29) is 47.8 Å². The number of halogens is 2. The monoisotopic (exact) mass is 617 g/mol. The zero-order chi connectivity index (χ0) is 31.5. The van der Waals surface area contributed by atoms with Crippen LogP contribution in [0.1, 0.15) is 42.1 Å². The van der Waals surface area contributed by atoms with E-state index in [1.165, 1.54) is 31.4 Å². The minimum Gasteiger partial charge on any atom is -0.465 e. The molecule has 3 amide bonds. The Bertz CT molecular complexity index is 1680. The Morgan fingerprint density at radius 1 is 1.19 bits per heavy atom. The zero-order valence-corrected chi connectivity index (χ0v) is 25.0. The third-order valence-electron chi connectivity index (χ3n) is 7.08. The average molecular weight is 618 g/mol. The van der Waals surface area contributed by atoms with Gasteiger partial charge in [-0.05, 0) is 44.0 Å². The molecule has 0 bridgehead atoms. The normalized spacial score (nSPS) is 16.8. The molecule has 3 aromatic rings. The lowest BCUT2D eigenvalue weighted by Crippen LogP contribution is -2.37. The maximum atomic E-state index is 14.2. The smallest absolute Gasteiger partial charge is 0.405 e. The number of nitrogens with one attached hydrogen (secondary N) is 2. The first-order chi connectivity index (χ1) is 20.2. The minimum absolute atomic E-state index is 0.0179. The van der Waals surface area contributed by atoms with Gasteiger partial charge in [-0.25, -0.2) is 22.8 Å². The van der Waals surface area contributed by atoms with Gasteiger partial charge in [-0.3, -0.25) is 14.3 Å². The summed E-state index contributed by atoms with van der Waals surface area (Å²) in [6, 6.07) is 4.77. The lowest BCUT2D eigenvalue weighted by Gasteiger charge is -2.26. The maximum Gasteiger partial charge on any atom is 0.405 e. The summed E-state index contributed by atoms with van der Waals surface area (Å²) in [4.78, 5) is 43.5. The third-order valence-corrected chi connectivity index (χ3v) is 8.74. The highest BCUT2D eigenvalue weighted by molar-refractivity contribution is 7.93. The zero-order valence-electron chi connectivity index (χ0n) is 24.1. The predicted molar refractivity (Wildman–Crippen MR) is 157 cm³/mol. The van der Waals surface area contributed by atoms with Gasteiger partial charge in [-0.1, -0.05) is 6.07 Å². The molecular weight excluding hydrogens is 584 g/mol. The first kappa shape index (κ1) is 31.5. The standard InChI is InChI=1S/C28H33F2N7O5S/c1-17-22(19-14-32-36(3)16-19)15-31-24(37-11-6-9-28(29,30)10-12-37)23(17)26(39)34-20-7-5-8-21(13-20)43(4,42)35-25(38)18(2)33-27(40)41/h5,7-8,13-16,18,33H,6,9-12H2,1-4H3,(H,34,39)(H,40,41). The van der Waals surface area contributed by atoms with E-state index in [0.29, 0.717) is 17.7 Å². The number of hydrogen-bond donors (Lipinski definition) is 3. The van der Waals surface area contributed by atoms with Gasteiger partial charge in [0.25, 0.3) is 11.8 Å². The number of carboxylic acid groups (broad SMARTS) is 1. The van der Waals surface area contributed by atoms with Crippen LogP contribution in [0.5, 0.6) is 0 Å². The molecule has 0 aliphatic carbocycles. The number of pyridine rings is 1. The molecule has 1 aliphatic rings. The number of anilines is 2. The second-order valence-corrected chi connectivity index (χ2v) is 12.7. The highest BCUT2D eigenvalue weighted by Gasteiger charge is 2.34. The number of alkyl halides is 2. The number of aryl methyl sites for hydroxylation is 1. The number of benzene rings is 1. The summed E-state index contributed by atoms with van der Waals surface area (Å²) in [5.74, 6) is -4.00. The Balaban J connectivity index is 1.70. The fraction of sp³-hybridized carbons (Fsp3) is 0.393. The molecule has 230 valence electrons. The van der Waals surface area contributed by atoms with Crippen LogP contribution in [-0.2, 0) is 21.6 Å². The molecule has 1 saturated heterocycles. The molecule has 3 heterocycles. The van der Waals surface area contributed by atoms with Crippen LogP contribution in [0.3, 0.4) is 0 Å². The molecule has 2 atom stereocenters. The first-order valence-corrected chi connectivity index (χ1v) is 15.4. The van der Waals surface area contributed by atoms with Crippen LogP contribution in [0, 0.1) is 6.92 Å². The quantitative estimate of drug-likeness (QED) is 0.354. The summed E-state index contributed by atoms with van der Waals surface area (Å²) in [7, 11) is -1.55. The number of carbonyl (C=O) groups is 3. The van der Waals surface area contributed by atoms with Gasteiger partial charge in [0.15, 0.2) is 0 Å². The number of aromatic nitrogens is 3. The number of rotatable bonds is 7. The van der Waals surface area contributed by atoms with Crippen molar-refractivity contribution in [2.75, 3.05) is 29.6 Å². The first-order valence-electron chi connectivity index (χ1n) is 13.4. The van der Waals surface area contributed by atoms with E-state index in [0.717, 1.165) is 5.56 Å². The lowest BCUT2D eigenvalue weighted by molar-refractivity contribution is -0.119. The van der Waals surface area contributed by atoms with Gasteiger partial charge >= 0.3 is 6.09 Å². The fourth-order valence-corrected chi connectivity index (χ4v) is 6.07. The van der Waals surface area contributed by atoms with E-state index >= 15 is 0 Å². The van der Waals surface area contributed by atoms with Crippen LogP contribution >= 0.6 is 0 Å². The number of nitrogens with zero attached hydrogens (tertiary/aromatic N) is 5. The molecule has 12 nitrogen and oxygen atoms in total. The van der Waals surface area contributed by atoms with Crippen molar-refractivity contribution >= 4 is 39.1 Å². The molecule has 2 unspecified atom stereocenters. The fourth-order valence-electron chi connectivity index (χ4n) is 4.78. The average Bonchev–Trinajstić information content (AvgIpc) is 3.26. The Hall–Kier alpha value is -4.40. The summed E-state index contributed by atoms with van der Waals surface area (Å²) >= 11 is 0. The van der Waals surface area contributed by atoms with Crippen molar-refractivity contribution in [3.05, 3.63) is 54.0 Å². The van der Waals surface area contributed by atoms with E-state index in [1.807, 2.05) is 5.32 Å². The molecule has 2 aromatic heterocycles. The van der Waals surface area contributed by atoms with E-state index in [4.69, 9.17) is 5.11 Å². The Morgan fingerprint density at radius 2 is 1.93 bits per heavy atom. The molecule has 43 heavy (non-hydrogen) atoms. The van der Waals surface area contributed by atoms with Crippen LogP contribution < -0.4 is 15.5 Å². The Morgan fingerprint density at radius 3 is 2.60 bits per heavy atom. The van der Waals surface area contributed by atoms with E-state index < -0.39 is 39.6 Å². The van der Waals surface area contributed by atoms with Crippen LogP contribution in [-0.4, -0.2) is 73.3 Å². The molecule has 1 aromatic carbocycles. The topological polar surface area (TPSA) is 159 Å². The molecule has 4 rings (SSSR count). The van der Waals surface area contributed by atoms with Crippen LogP contribution in [0.4, 0.5) is 25.1 Å². The van der Waals surface area contributed by atoms with Gasteiger partial charge in [0.05, 0.1) is 21.5 Å². The highest BCUT2D eigenvalue weighted by Crippen LogP contribution is 2.34. The van der Waals surface area contributed by atoms with E-state index in [2.05, 4.69) is 19.8 Å². The van der Waals surface area contributed by atoms with Crippen molar-refractivity contribution < 1.29 is 32.5 Å². The van der Waals surface area contributed by atoms with Gasteiger partial charge in [-0.2, -0.15) is 9.46 Å². The third kappa shape index (κ3) is 7.52. The van der Waals surface area contributed by atoms with Crippen molar-refractivity contribution in [3.8, 4) is 11.1 Å².